The predicted molar refractivity (Wildman–Crippen MR) is 144 cm³/mol. The zero-order valence-corrected chi connectivity index (χ0v) is 21.3. The Labute approximate surface area is 223 Å². The van der Waals surface area contributed by atoms with Crippen LogP contribution in [0.5, 0.6) is 0 Å². The molecule has 2 N–H and O–H groups in total. The number of hydrogen-bond acceptors (Lipinski definition) is 3. The number of carbonyl (C=O) groups excluding carboxylic acids is 1. The van der Waals surface area contributed by atoms with E-state index >= 15 is 0 Å². The van der Waals surface area contributed by atoms with Crippen LogP contribution in [0, 0.1) is 11.6 Å². The summed E-state index contributed by atoms with van der Waals surface area (Å²) < 4.78 is 28.8. The lowest BCUT2D eigenvalue weighted by Crippen LogP contribution is -2.31. The summed E-state index contributed by atoms with van der Waals surface area (Å²) in [7, 11) is 0. The third-order valence-corrected chi connectivity index (χ3v) is 7.24. The third-order valence-electron chi connectivity index (χ3n) is 7.24. The number of carboxylic acid groups (broad SMARTS) is 1. The number of carbonyl (C=O) groups is 2. The molecule has 0 unspecified atom stereocenters. The Morgan fingerprint density at radius 1 is 0.949 bits per heavy atom. The van der Waals surface area contributed by atoms with Gasteiger partial charge in [0, 0.05) is 28.8 Å². The number of aromatic nitrogens is 1. The van der Waals surface area contributed by atoms with Crippen LogP contribution in [-0.4, -0.2) is 21.6 Å². The molecule has 1 aliphatic carbocycles. The molecular weight excluding hydrogens is 502 g/mol. The van der Waals surface area contributed by atoms with E-state index in [1.807, 2.05) is 6.07 Å². The number of nitrogens with one attached hydrogen (secondary N) is 1. The first kappa shape index (κ1) is 26.3. The van der Waals surface area contributed by atoms with Crippen LogP contribution in [0.4, 0.5) is 8.78 Å². The smallest absolute Gasteiger partial charge is 0.303 e. The molecule has 1 aliphatic rings. The summed E-state index contributed by atoms with van der Waals surface area (Å²) in [6, 6.07) is 16.8. The first-order chi connectivity index (χ1) is 18.8. The highest BCUT2D eigenvalue weighted by Crippen LogP contribution is 2.30. The van der Waals surface area contributed by atoms with Gasteiger partial charge in [-0.15, -0.1) is 0 Å². The van der Waals surface area contributed by atoms with E-state index in [9.17, 15) is 23.2 Å². The number of pyridine rings is 1. The van der Waals surface area contributed by atoms with Crippen LogP contribution in [0.15, 0.2) is 71.5 Å². The fraction of sp³-hybridized carbons (Fsp3) is 0.258. The lowest BCUT2D eigenvalue weighted by molar-refractivity contribution is -0.137. The van der Waals surface area contributed by atoms with Gasteiger partial charge in [0.25, 0.3) is 11.5 Å². The zero-order valence-electron chi connectivity index (χ0n) is 21.3. The van der Waals surface area contributed by atoms with Crippen LogP contribution in [0.1, 0.15) is 65.3 Å². The van der Waals surface area contributed by atoms with Crippen molar-refractivity contribution in [3.8, 4) is 5.69 Å². The van der Waals surface area contributed by atoms with Crippen molar-refractivity contribution < 1.29 is 23.5 Å². The van der Waals surface area contributed by atoms with Crippen molar-refractivity contribution in [1.82, 2.24) is 9.88 Å². The van der Waals surface area contributed by atoms with Crippen molar-refractivity contribution in [2.45, 2.75) is 51.0 Å². The first-order valence-electron chi connectivity index (χ1n) is 13.1. The van der Waals surface area contributed by atoms with Gasteiger partial charge in [-0.1, -0.05) is 6.07 Å². The van der Waals surface area contributed by atoms with Crippen LogP contribution >= 0.6 is 0 Å². The summed E-state index contributed by atoms with van der Waals surface area (Å²) in [5.74, 6) is -1.88. The zero-order chi connectivity index (χ0) is 27.5. The minimum Gasteiger partial charge on any atom is -0.481 e. The van der Waals surface area contributed by atoms with Crippen LogP contribution in [0.2, 0.25) is 0 Å². The lowest BCUT2D eigenvalue weighted by Gasteiger charge is -2.26. The Balaban J connectivity index is 1.48. The van der Waals surface area contributed by atoms with Gasteiger partial charge in [0.1, 0.15) is 11.6 Å². The molecule has 0 saturated heterocycles. The minimum atomic E-state index is -0.884. The molecule has 1 heterocycles. The Morgan fingerprint density at radius 2 is 1.72 bits per heavy atom. The maximum atomic E-state index is 13.7. The summed E-state index contributed by atoms with van der Waals surface area (Å²) in [6.07, 6.45) is 3.80. The normalized spacial score (nSPS) is 14.7. The number of benzene rings is 3. The van der Waals surface area contributed by atoms with E-state index in [-0.39, 0.29) is 29.7 Å². The molecule has 1 amide bonds. The van der Waals surface area contributed by atoms with Gasteiger partial charge in [-0.2, -0.15) is 0 Å². The maximum Gasteiger partial charge on any atom is 0.303 e. The lowest BCUT2D eigenvalue weighted by atomic mass is 9.87. The van der Waals surface area contributed by atoms with E-state index < -0.39 is 11.8 Å². The molecule has 200 valence electrons. The van der Waals surface area contributed by atoms with E-state index in [0.29, 0.717) is 47.0 Å². The summed E-state index contributed by atoms with van der Waals surface area (Å²) in [6.45, 7) is 0. The van der Waals surface area contributed by atoms with E-state index in [2.05, 4.69) is 5.32 Å². The number of amides is 1. The number of nitrogens with zero attached hydrogens (tertiary/aromatic N) is 1. The first-order valence-corrected chi connectivity index (χ1v) is 13.1. The maximum absolute atomic E-state index is 13.7. The van der Waals surface area contributed by atoms with Gasteiger partial charge in [0.05, 0.1) is 6.04 Å². The second-order valence-electron chi connectivity index (χ2n) is 9.92. The van der Waals surface area contributed by atoms with Crippen molar-refractivity contribution in [2.75, 3.05) is 0 Å². The standard InChI is InChI=1S/C31H28F2N2O4/c32-22-9-12-24(13-10-22)35-25(5-1-2-7-29(36)37)18-21-16-20(8-14-27(21)31(35)39)30(38)34-28-6-3-4-19-17-23(33)11-15-26(19)28/h8-18,28H,1-7H2,(H,34,38)(H,36,37)/t28-/m1/s1. The topological polar surface area (TPSA) is 88.4 Å². The number of aryl methyl sites for hydroxylation is 2. The van der Waals surface area contributed by atoms with Gasteiger partial charge in [0.2, 0.25) is 0 Å². The van der Waals surface area contributed by atoms with Gasteiger partial charge >= 0.3 is 5.97 Å². The third kappa shape index (κ3) is 5.74. The number of hydrogen-bond donors (Lipinski definition) is 2. The number of halogens is 2. The quantitative estimate of drug-likeness (QED) is 0.279. The summed E-state index contributed by atoms with van der Waals surface area (Å²) in [4.78, 5) is 37.8. The van der Waals surface area contributed by atoms with Crippen molar-refractivity contribution in [3.05, 3.63) is 111 Å². The average molecular weight is 531 g/mol. The number of carboxylic acids is 1. The molecule has 1 aromatic heterocycles. The van der Waals surface area contributed by atoms with E-state index in [4.69, 9.17) is 5.11 Å². The average Bonchev–Trinajstić information content (AvgIpc) is 2.91. The highest BCUT2D eigenvalue weighted by molar-refractivity contribution is 5.98. The Kier molecular flexibility index (Phi) is 7.54. The van der Waals surface area contributed by atoms with E-state index in [0.717, 1.165) is 30.4 Å². The SMILES string of the molecule is O=C(O)CCCCc1cc2cc(C(=O)N[C@@H]3CCCc4cc(F)ccc43)ccc2c(=O)n1-c1ccc(F)cc1. The van der Waals surface area contributed by atoms with Gasteiger partial charge in [-0.05, 0) is 116 Å². The van der Waals surface area contributed by atoms with Gasteiger partial charge in [0.15, 0.2) is 0 Å². The van der Waals surface area contributed by atoms with E-state index in [1.165, 1.54) is 41.0 Å². The van der Waals surface area contributed by atoms with Gasteiger partial charge in [-0.3, -0.25) is 19.0 Å². The Morgan fingerprint density at radius 3 is 2.49 bits per heavy atom. The summed E-state index contributed by atoms with van der Waals surface area (Å²) in [5.41, 5.74) is 3.06. The van der Waals surface area contributed by atoms with Crippen molar-refractivity contribution in [3.63, 3.8) is 0 Å². The molecule has 4 aromatic rings. The second-order valence-corrected chi connectivity index (χ2v) is 9.92. The van der Waals surface area contributed by atoms with Crippen LogP contribution in [-0.2, 0) is 17.6 Å². The number of rotatable bonds is 8. The fourth-order valence-electron chi connectivity index (χ4n) is 5.33. The molecule has 8 heteroatoms. The van der Waals surface area contributed by atoms with Gasteiger partial charge < -0.3 is 10.4 Å². The van der Waals surface area contributed by atoms with Crippen LogP contribution in [0.3, 0.4) is 0 Å². The summed E-state index contributed by atoms with van der Waals surface area (Å²) >= 11 is 0. The number of fused-ring (bicyclic) bond motifs is 2. The molecule has 3 aromatic carbocycles. The minimum absolute atomic E-state index is 0.0234. The molecule has 0 bridgehead atoms. The molecule has 39 heavy (non-hydrogen) atoms. The number of unbranched alkanes of at least 4 members (excludes halogenated alkanes) is 1. The second kappa shape index (κ2) is 11.2. The molecule has 5 rings (SSSR count). The Bertz CT molecular complexity index is 1610. The fourth-order valence-corrected chi connectivity index (χ4v) is 5.33. The summed E-state index contributed by atoms with van der Waals surface area (Å²) in [5, 5.41) is 13.0. The molecule has 0 aliphatic heterocycles. The molecule has 0 radical (unpaired) electrons. The van der Waals surface area contributed by atoms with E-state index in [1.54, 1.807) is 24.3 Å². The highest BCUT2D eigenvalue weighted by atomic mass is 19.1. The van der Waals surface area contributed by atoms with Crippen molar-refractivity contribution in [2.24, 2.45) is 0 Å². The monoisotopic (exact) mass is 530 g/mol. The van der Waals surface area contributed by atoms with Crippen molar-refractivity contribution in [1.29, 1.82) is 0 Å². The Hall–Kier alpha value is -4.33. The van der Waals surface area contributed by atoms with Gasteiger partial charge in [-0.25, -0.2) is 8.78 Å². The molecule has 0 spiro atoms. The molecule has 0 fully saturated rings. The van der Waals surface area contributed by atoms with Crippen molar-refractivity contribution >= 4 is 22.6 Å². The number of aliphatic carboxylic acids is 1. The van der Waals surface area contributed by atoms with Crippen LogP contribution in [0.25, 0.3) is 16.5 Å². The predicted octanol–water partition coefficient (Wildman–Crippen LogP) is 5.87. The molecule has 0 saturated carbocycles. The molecule has 6 nitrogen and oxygen atoms in total. The molecule has 1 atom stereocenters. The van der Waals surface area contributed by atoms with Crippen LogP contribution < -0.4 is 10.9 Å². The molecular formula is C31H28F2N2O4. The highest BCUT2D eigenvalue weighted by Gasteiger charge is 2.23. The largest absolute Gasteiger partial charge is 0.481 e.